The molecule has 0 saturated heterocycles. The molecule has 0 aliphatic heterocycles. The van der Waals surface area contributed by atoms with Gasteiger partial charge in [0, 0.05) is 23.7 Å². The lowest BCUT2D eigenvalue weighted by atomic mass is 9.96. The van der Waals surface area contributed by atoms with Crippen molar-refractivity contribution in [2.24, 2.45) is 0 Å². The van der Waals surface area contributed by atoms with Crippen LogP contribution in [0.1, 0.15) is 63.9 Å². The highest BCUT2D eigenvalue weighted by Crippen LogP contribution is 2.38. The summed E-state index contributed by atoms with van der Waals surface area (Å²) in [7, 11) is 0. The van der Waals surface area contributed by atoms with E-state index in [2.05, 4.69) is 30.2 Å². The van der Waals surface area contributed by atoms with Crippen LogP contribution in [0, 0.1) is 0 Å². The first kappa shape index (κ1) is 12.5. The first-order valence-electron chi connectivity index (χ1n) is 7.11. The van der Waals surface area contributed by atoms with Crippen molar-refractivity contribution in [2.75, 3.05) is 5.73 Å². The monoisotopic (exact) mass is 258 g/mol. The summed E-state index contributed by atoms with van der Waals surface area (Å²) in [6, 6.07) is 0. The van der Waals surface area contributed by atoms with Crippen LogP contribution in [0.5, 0.6) is 0 Å². The molecule has 4 heteroatoms. The van der Waals surface area contributed by atoms with Crippen molar-refractivity contribution in [1.82, 2.24) is 14.4 Å². The standard InChI is InChI=1S/C15H22N4/c1-15(2,3)14-18-11(10-6-4-5-7-10)12-13(16)17-8-9-19(12)14/h8-10H,4-7H2,1-3H3,(H2,16,17). The number of hydrogen-bond acceptors (Lipinski definition) is 3. The zero-order chi connectivity index (χ0) is 13.6. The number of nitrogen functional groups attached to an aromatic ring is 1. The molecule has 0 radical (unpaired) electrons. The average molecular weight is 258 g/mol. The second kappa shape index (κ2) is 4.22. The highest BCUT2D eigenvalue weighted by atomic mass is 15.1. The first-order valence-corrected chi connectivity index (χ1v) is 7.11. The molecule has 0 amide bonds. The van der Waals surface area contributed by atoms with Crippen molar-refractivity contribution < 1.29 is 0 Å². The van der Waals surface area contributed by atoms with Crippen LogP contribution in [0.4, 0.5) is 5.82 Å². The van der Waals surface area contributed by atoms with Gasteiger partial charge in [-0.3, -0.25) is 4.40 Å². The fourth-order valence-electron chi connectivity index (χ4n) is 3.10. The summed E-state index contributed by atoms with van der Waals surface area (Å²) < 4.78 is 2.13. The van der Waals surface area contributed by atoms with E-state index in [4.69, 9.17) is 10.7 Å². The van der Waals surface area contributed by atoms with Gasteiger partial charge >= 0.3 is 0 Å². The topological polar surface area (TPSA) is 56.2 Å². The third kappa shape index (κ3) is 1.99. The van der Waals surface area contributed by atoms with E-state index >= 15 is 0 Å². The number of hydrogen-bond donors (Lipinski definition) is 1. The van der Waals surface area contributed by atoms with Crippen molar-refractivity contribution in [2.45, 2.75) is 57.8 Å². The second-order valence-corrected chi connectivity index (χ2v) is 6.58. The number of aromatic nitrogens is 3. The normalized spacial score (nSPS) is 17.4. The summed E-state index contributed by atoms with van der Waals surface area (Å²) in [6.07, 6.45) is 8.80. The van der Waals surface area contributed by atoms with E-state index in [9.17, 15) is 0 Å². The van der Waals surface area contributed by atoms with Gasteiger partial charge < -0.3 is 5.73 Å². The van der Waals surface area contributed by atoms with Crippen molar-refractivity contribution in [1.29, 1.82) is 0 Å². The van der Waals surface area contributed by atoms with Gasteiger partial charge in [-0.2, -0.15) is 0 Å². The summed E-state index contributed by atoms with van der Waals surface area (Å²) in [6.45, 7) is 6.57. The van der Waals surface area contributed by atoms with Crippen molar-refractivity contribution in [3.05, 3.63) is 23.9 Å². The highest BCUT2D eigenvalue weighted by Gasteiger charge is 2.28. The second-order valence-electron chi connectivity index (χ2n) is 6.58. The number of rotatable bonds is 1. The molecule has 2 heterocycles. The number of imidazole rings is 1. The average Bonchev–Trinajstić information content (AvgIpc) is 2.94. The zero-order valence-corrected chi connectivity index (χ0v) is 12.0. The minimum absolute atomic E-state index is 0.00750. The molecule has 2 aromatic heterocycles. The van der Waals surface area contributed by atoms with E-state index in [1.165, 1.54) is 25.7 Å². The van der Waals surface area contributed by atoms with Gasteiger partial charge in [0.15, 0.2) is 0 Å². The Hall–Kier alpha value is -1.58. The maximum atomic E-state index is 6.11. The predicted molar refractivity (Wildman–Crippen MR) is 77.3 cm³/mol. The van der Waals surface area contributed by atoms with Crippen molar-refractivity contribution in [3.63, 3.8) is 0 Å². The molecule has 0 aromatic carbocycles. The molecule has 1 fully saturated rings. The van der Waals surface area contributed by atoms with Crippen LogP contribution in [-0.4, -0.2) is 14.4 Å². The lowest BCUT2D eigenvalue weighted by molar-refractivity contribution is 0.539. The van der Waals surface area contributed by atoms with Crippen LogP contribution >= 0.6 is 0 Å². The van der Waals surface area contributed by atoms with Gasteiger partial charge in [0.25, 0.3) is 0 Å². The molecule has 0 atom stereocenters. The Bertz CT molecular complexity index is 600. The van der Waals surface area contributed by atoms with Crippen molar-refractivity contribution >= 4 is 11.3 Å². The van der Waals surface area contributed by atoms with Crippen LogP contribution in [0.25, 0.3) is 5.52 Å². The smallest absolute Gasteiger partial charge is 0.149 e. The van der Waals surface area contributed by atoms with Gasteiger partial charge in [-0.25, -0.2) is 9.97 Å². The molecular formula is C15H22N4. The Labute approximate surface area is 114 Å². The molecule has 2 N–H and O–H groups in total. The molecule has 19 heavy (non-hydrogen) atoms. The maximum Gasteiger partial charge on any atom is 0.149 e. The van der Waals surface area contributed by atoms with Crippen LogP contribution in [-0.2, 0) is 5.41 Å². The van der Waals surface area contributed by atoms with Crippen molar-refractivity contribution in [3.8, 4) is 0 Å². The minimum Gasteiger partial charge on any atom is -0.382 e. The van der Waals surface area contributed by atoms with Gasteiger partial charge in [0.05, 0.1) is 5.69 Å². The summed E-state index contributed by atoms with van der Waals surface area (Å²) in [4.78, 5) is 9.20. The van der Waals surface area contributed by atoms with E-state index in [1.807, 2.05) is 6.20 Å². The van der Waals surface area contributed by atoms with E-state index in [1.54, 1.807) is 6.20 Å². The van der Waals surface area contributed by atoms with E-state index in [-0.39, 0.29) is 5.41 Å². The van der Waals surface area contributed by atoms with E-state index in [0.29, 0.717) is 11.7 Å². The largest absolute Gasteiger partial charge is 0.382 e. The number of anilines is 1. The lowest BCUT2D eigenvalue weighted by Crippen LogP contribution is -2.16. The fraction of sp³-hybridized carbons (Fsp3) is 0.600. The van der Waals surface area contributed by atoms with Crippen LogP contribution in [0.15, 0.2) is 12.4 Å². The predicted octanol–water partition coefficient (Wildman–Crippen LogP) is 3.27. The van der Waals surface area contributed by atoms with E-state index < -0.39 is 0 Å². The lowest BCUT2D eigenvalue weighted by Gasteiger charge is -2.16. The molecule has 3 rings (SSSR count). The van der Waals surface area contributed by atoms with Crippen LogP contribution in [0.2, 0.25) is 0 Å². The minimum atomic E-state index is 0.00750. The van der Waals surface area contributed by atoms with Gasteiger partial charge in [-0.05, 0) is 12.8 Å². The maximum absolute atomic E-state index is 6.11. The number of nitrogens with two attached hydrogens (primary N) is 1. The molecule has 0 bridgehead atoms. The molecule has 4 nitrogen and oxygen atoms in total. The Morgan fingerprint density at radius 1 is 1.26 bits per heavy atom. The Balaban J connectivity index is 2.27. The van der Waals surface area contributed by atoms with Crippen LogP contribution < -0.4 is 5.73 Å². The van der Waals surface area contributed by atoms with Gasteiger partial charge in [0.1, 0.15) is 17.2 Å². The van der Waals surface area contributed by atoms with Gasteiger partial charge in [-0.15, -0.1) is 0 Å². The fourth-order valence-corrected chi connectivity index (χ4v) is 3.10. The first-order chi connectivity index (χ1) is 8.98. The zero-order valence-electron chi connectivity index (χ0n) is 12.0. The van der Waals surface area contributed by atoms with Gasteiger partial charge in [-0.1, -0.05) is 33.6 Å². The van der Waals surface area contributed by atoms with E-state index in [0.717, 1.165) is 17.0 Å². The van der Waals surface area contributed by atoms with Gasteiger partial charge in [0.2, 0.25) is 0 Å². The molecule has 1 aliphatic rings. The Kier molecular flexibility index (Phi) is 2.77. The number of nitrogens with zero attached hydrogens (tertiary/aromatic N) is 3. The summed E-state index contributed by atoms with van der Waals surface area (Å²) in [5.41, 5.74) is 8.30. The molecule has 102 valence electrons. The van der Waals surface area contributed by atoms with Crippen LogP contribution in [0.3, 0.4) is 0 Å². The summed E-state index contributed by atoms with van der Waals surface area (Å²) in [5.74, 6) is 2.24. The number of fused-ring (bicyclic) bond motifs is 1. The Morgan fingerprint density at radius 3 is 2.58 bits per heavy atom. The molecular weight excluding hydrogens is 236 g/mol. The summed E-state index contributed by atoms with van der Waals surface area (Å²) >= 11 is 0. The quantitative estimate of drug-likeness (QED) is 0.854. The molecule has 2 aromatic rings. The summed E-state index contributed by atoms with van der Waals surface area (Å²) in [5, 5.41) is 0. The molecule has 0 unspecified atom stereocenters. The SMILES string of the molecule is CC(C)(C)c1nc(C2CCCC2)c2c(N)nccn12. The Morgan fingerprint density at radius 2 is 1.95 bits per heavy atom. The third-order valence-corrected chi connectivity index (χ3v) is 4.02. The molecule has 1 saturated carbocycles. The highest BCUT2D eigenvalue weighted by molar-refractivity contribution is 5.70. The molecule has 0 spiro atoms. The third-order valence-electron chi connectivity index (χ3n) is 4.02. The molecule has 1 aliphatic carbocycles.